The standard InChI is InChI=1S/C15H12BrClF3N/c1-21-15(5-8-4-9(16)2-3-12(8)18)10-6-14(20)11(17)7-13(10)19/h2-4,6-7,15,21H,5H2,1H3. The van der Waals surface area contributed by atoms with Crippen LogP contribution in [-0.4, -0.2) is 7.05 Å². The fraction of sp³-hybridized carbons (Fsp3) is 0.200. The Kier molecular flexibility index (Phi) is 5.30. The molecule has 0 saturated carbocycles. The SMILES string of the molecule is CNC(Cc1cc(Br)ccc1F)c1cc(F)c(Cl)cc1F. The van der Waals surface area contributed by atoms with Gasteiger partial charge in [0, 0.05) is 16.1 Å². The summed E-state index contributed by atoms with van der Waals surface area (Å²) in [6.45, 7) is 0. The second-order valence-electron chi connectivity index (χ2n) is 4.57. The van der Waals surface area contributed by atoms with E-state index < -0.39 is 23.5 Å². The molecule has 1 unspecified atom stereocenters. The van der Waals surface area contributed by atoms with Gasteiger partial charge in [-0.25, -0.2) is 13.2 Å². The quantitative estimate of drug-likeness (QED) is 0.736. The first kappa shape index (κ1) is 16.3. The molecule has 0 fully saturated rings. The summed E-state index contributed by atoms with van der Waals surface area (Å²) in [4.78, 5) is 0. The molecule has 21 heavy (non-hydrogen) atoms. The number of rotatable bonds is 4. The van der Waals surface area contributed by atoms with E-state index >= 15 is 0 Å². The van der Waals surface area contributed by atoms with Crippen molar-refractivity contribution in [2.75, 3.05) is 7.05 Å². The highest BCUT2D eigenvalue weighted by atomic mass is 79.9. The molecular weight excluding hydrogens is 367 g/mol. The summed E-state index contributed by atoms with van der Waals surface area (Å²) in [5.41, 5.74) is 0.511. The fourth-order valence-electron chi connectivity index (χ4n) is 2.09. The Morgan fingerprint density at radius 1 is 1.10 bits per heavy atom. The van der Waals surface area contributed by atoms with E-state index in [2.05, 4.69) is 21.2 Å². The molecule has 0 aliphatic heterocycles. The second kappa shape index (κ2) is 6.81. The van der Waals surface area contributed by atoms with Crippen molar-refractivity contribution in [3.63, 3.8) is 0 Å². The second-order valence-corrected chi connectivity index (χ2v) is 5.89. The summed E-state index contributed by atoms with van der Waals surface area (Å²) in [7, 11) is 1.60. The molecule has 1 atom stereocenters. The average molecular weight is 379 g/mol. The minimum Gasteiger partial charge on any atom is -0.313 e. The number of likely N-dealkylation sites (N-methyl/N-ethyl adjacent to an activating group) is 1. The third kappa shape index (κ3) is 3.78. The van der Waals surface area contributed by atoms with Crippen LogP contribution in [0.1, 0.15) is 17.2 Å². The molecule has 2 rings (SSSR count). The van der Waals surface area contributed by atoms with Crippen LogP contribution in [0.15, 0.2) is 34.8 Å². The van der Waals surface area contributed by atoms with Gasteiger partial charge in [-0.2, -0.15) is 0 Å². The topological polar surface area (TPSA) is 12.0 Å². The predicted molar refractivity (Wildman–Crippen MR) is 81.0 cm³/mol. The van der Waals surface area contributed by atoms with Crippen LogP contribution in [0.2, 0.25) is 5.02 Å². The highest BCUT2D eigenvalue weighted by Gasteiger charge is 2.19. The highest BCUT2D eigenvalue weighted by molar-refractivity contribution is 9.10. The van der Waals surface area contributed by atoms with E-state index in [1.807, 2.05) is 0 Å². The molecule has 0 aliphatic carbocycles. The van der Waals surface area contributed by atoms with E-state index in [1.54, 1.807) is 19.2 Å². The lowest BCUT2D eigenvalue weighted by atomic mass is 9.98. The summed E-state index contributed by atoms with van der Waals surface area (Å²) < 4.78 is 42.0. The van der Waals surface area contributed by atoms with Crippen molar-refractivity contribution in [3.8, 4) is 0 Å². The molecule has 0 bridgehead atoms. The molecule has 0 radical (unpaired) electrons. The minimum atomic E-state index is -0.706. The summed E-state index contributed by atoms with van der Waals surface area (Å²) in [5, 5.41) is 2.59. The van der Waals surface area contributed by atoms with Crippen LogP contribution in [0, 0.1) is 17.5 Å². The van der Waals surface area contributed by atoms with E-state index in [-0.39, 0.29) is 17.0 Å². The Hall–Kier alpha value is -1.04. The summed E-state index contributed by atoms with van der Waals surface area (Å²) in [6, 6.07) is 5.91. The Labute approximate surface area is 134 Å². The maximum absolute atomic E-state index is 14.0. The lowest BCUT2D eigenvalue weighted by Crippen LogP contribution is -2.21. The first-order chi connectivity index (χ1) is 9.92. The molecule has 2 aromatic carbocycles. The lowest BCUT2D eigenvalue weighted by Gasteiger charge is -2.18. The van der Waals surface area contributed by atoms with Gasteiger partial charge in [-0.3, -0.25) is 0 Å². The molecule has 2 aromatic rings. The molecule has 112 valence electrons. The predicted octanol–water partition coefficient (Wildman–Crippen LogP) is 5.02. The van der Waals surface area contributed by atoms with E-state index in [4.69, 9.17) is 11.6 Å². The molecule has 0 amide bonds. The van der Waals surface area contributed by atoms with Gasteiger partial charge in [0.05, 0.1) is 5.02 Å². The zero-order valence-electron chi connectivity index (χ0n) is 11.1. The largest absolute Gasteiger partial charge is 0.313 e. The third-order valence-corrected chi connectivity index (χ3v) is 3.98. The Morgan fingerprint density at radius 2 is 1.81 bits per heavy atom. The summed E-state index contributed by atoms with van der Waals surface area (Å²) in [5.74, 6) is -1.73. The van der Waals surface area contributed by atoms with Crippen molar-refractivity contribution in [3.05, 3.63) is 68.4 Å². The van der Waals surface area contributed by atoms with Gasteiger partial charge in [0.1, 0.15) is 17.5 Å². The van der Waals surface area contributed by atoms with Crippen LogP contribution in [0.3, 0.4) is 0 Å². The van der Waals surface area contributed by atoms with Gasteiger partial charge in [-0.15, -0.1) is 0 Å². The van der Waals surface area contributed by atoms with Crippen molar-refractivity contribution in [1.82, 2.24) is 5.32 Å². The lowest BCUT2D eigenvalue weighted by molar-refractivity contribution is 0.511. The number of halogens is 5. The number of benzene rings is 2. The molecule has 0 aliphatic rings. The van der Waals surface area contributed by atoms with Gasteiger partial charge in [0.15, 0.2) is 0 Å². The van der Waals surface area contributed by atoms with Crippen LogP contribution in [-0.2, 0) is 6.42 Å². The highest BCUT2D eigenvalue weighted by Crippen LogP contribution is 2.27. The Bertz CT molecular complexity index is 664. The molecule has 0 saturated heterocycles. The zero-order valence-corrected chi connectivity index (χ0v) is 13.4. The van der Waals surface area contributed by atoms with Gasteiger partial charge in [0.25, 0.3) is 0 Å². The van der Waals surface area contributed by atoms with Crippen molar-refractivity contribution >= 4 is 27.5 Å². The van der Waals surface area contributed by atoms with Gasteiger partial charge in [0.2, 0.25) is 0 Å². The first-order valence-corrected chi connectivity index (χ1v) is 7.35. The van der Waals surface area contributed by atoms with E-state index in [1.165, 1.54) is 6.07 Å². The van der Waals surface area contributed by atoms with Crippen LogP contribution >= 0.6 is 27.5 Å². The van der Waals surface area contributed by atoms with Crippen molar-refractivity contribution in [2.45, 2.75) is 12.5 Å². The Balaban J connectivity index is 2.36. The van der Waals surface area contributed by atoms with Crippen molar-refractivity contribution in [1.29, 1.82) is 0 Å². The van der Waals surface area contributed by atoms with Crippen LogP contribution in [0.25, 0.3) is 0 Å². The number of nitrogens with one attached hydrogen (secondary N) is 1. The van der Waals surface area contributed by atoms with E-state index in [9.17, 15) is 13.2 Å². The van der Waals surface area contributed by atoms with Crippen LogP contribution in [0.4, 0.5) is 13.2 Å². The number of hydrogen-bond acceptors (Lipinski definition) is 1. The van der Waals surface area contributed by atoms with Crippen molar-refractivity contribution < 1.29 is 13.2 Å². The molecule has 1 N–H and O–H groups in total. The Morgan fingerprint density at radius 3 is 2.48 bits per heavy atom. The average Bonchev–Trinajstić information content (AvgIpc) is 2.44. The molecule has 0 spiro atoms. The first-order valence-electron chi connectivity index (χ1n) is 6.18. The van der Waals surface area contributed by atoms with Gasteiger partial charge >= 0.3 is 0 Å². The normalized spacial score (nSPS) is 12.5. The van der Waals surface area contributed by atoms with E-state index in [0.717, 1.165) is 16.6 Å². The van der Waals surface area contributed by atoms with Gasteiger partial charge in [-0.1, -0.05) is 27.5 Å². The van der Waals surface area contributed by atoms with Crippen LogP contribution < -0.4 is 5.32 Å². The maximum atomic E-state index is 14.0. The molecule has 1 nitrogen and oxygen atoms in total. The fourth-order valence-corrected chi connectivity index (χ4v) is 2.65. The maximum Gasteiger partial charge on any atom is 0.142 e. The van der Waals surface area contributed by atoms with Gasteiger partial charge in [-0.05, 0) is 49.4 Å². The molecule has 0 heterocycles. The van der Waals surface area contributed by atoms with Crippen LogP contribution in [0.5, 0.6) is 0 Å². The summed E-state index contributed by atoms with van der Waals surface area (Å²) in [6.07, 6.45) is 0.180. The smallest absolute Gasteiger partial charge is 0.142 e. The summed E-state index contributed by atoms with van der Waals surface area (Å²) >= 11 is 8.80. The van der Waals surface area contributed by atoms with Gasteiger partial charge < -0.3 is 5.32 Å². The molecular formula is C15H12BrClF3N. The third-order valence-electron chi connectivity index (χ3n) is 3.20. The zero-order chi connectivity index (χ0) is 15.6. The van der Waals surface area contributed by atoms with E-state index in [0.29, 0.717) is 5.56 Å². The number of hydrogen-bond donors (Lipinski definition) is 1. The molecule has 6 heteroatoms. The van der Waals surface area contributed by atoms with Crippen molar-refractivity contribution in [2.24, 2.45) is 0 Å². The minimum absolute atomic E-state index is 0.110. The monoisotopic (exact) mass is 377 g/mol. The molecule has 0 aromatic heterocycles.